The highest BCUT2D eigenvalue weighted by atomic mass is 32.1. The number of aliphatic imine (C=N–C) groups is 1. The van der Waals surface area contributed by atoms with E-state index in [0.717, 1.165) is 33.9 Å². The van der Waals surface area contributed by atoms with Gasteiger partial charge in [-0.3, -0.25) is 9.56 Å². The number of aromatic nitrogens is 1. The zero-order valence-corrected chi connectivity index (χ0v) is 16.4. The quantitative estimate of drug-likeness (QED) is 0.582. The van der Waals surface area contributed by atoms with E-state index in [1.54, 1.807) is 11.7 Å². The second-order valence-corrected chi connectivity index (χ2v) is 7.86. The van der Waals surface area contributed by atoms with Crippen molar-refractivity contribution in [3.05, 3.63) is 68.5 Å². The van der Waals surface area contributed by atoms with Crippen LogP contribution in [0.4, 0.5) is 5.69 Å². The van der Waals surface area contributed by atoms with Crippen LogP contribution in [0.2, 0.25) is 0 Å². The van der Waals surface area contributed by atoms with Gasteiger partial charge >= 0.3 is 0 Å². The number of hydrogen-bond acceptors (Lipinski definition) is 5. The zero-order valence-electron chi connectivity index (χ0n) is 14.8. The topological polar surface area (TPSA) is 46.8 Å². The van der Waals surface area contributed by atoms with Gasteiger partial charge in [0, 0.05) is 23.9 Å². The first-order valence-corrected chi connectivity index (χ1v) is 9.79. The number of thiazole rings is 1. The lowest BCUT2D eigenvalue weighted by Gasteiger charge is -2.06. The Bertz CT molecular complexity index is 1090. The molecule has 0 unspecified atom stereocenters. The van der Waals surface area contributed by atoms with Crippen molar-refractivity contribution in [3.8, 4) is 11.6 Å². The highest BCUT2D eigenvalue weighted by molar-refractivity contribution is 7.73. The Morgan fingerprint density at radius 1 is 1.19 bits per heavy atom. The largest absolute Gasteiger partial charge is 0.497 e. The lowest BCUT2D eigenvalue weighted by molar-refractivity contribution is 0.412. The van der Waals surface area contributed by atoms with Gasteiger partial charge in [0.25, 0.3) is 0 Å². The average Bonchev–Trinajstić information content (AvgIpc) is 3.22. The third-order valence-electron chi connectivity index (χ3n) is 4.52. The van der Waals surface area contributed by atoms with Gasteiger partial charge in [0.1, 0.15) is 5.75 Å². The lowest BCUT2D eigenvalue weighted by Crippen LogP contribution is -2.00. The van der Waals surface area contributed by atoms with E-state index >= 15 is 0 Å². The lowest BCUT2D eigenvalue weighted by atomic mass is 10.1. The Labute approximate surface area is 166 Å². The molecule has 2 aromatic carbocycles. The standard InChI is InChI=1S/C21H18N2O2S2/c1-25-16-8-6-14(7-9-16)10-11-23-20(24)19(27-21(23)26)12-15-13-22-18-5-3-2-4-17(15)18/h2-9,12-13,24H,10-11H2,1H3/b15-12+. The van der Waals surface area contributed by atoms with E-state index in [4.69, 9.17) is 17.0 Å². The van der Waals surface area contributed by atoms with Gasteiger partial charge in [-0.25, -0.2) is 0 Å². The van der Waals surface area contributed by atoms with Gasteiger partial charge in [0.15, 0.2) is 3.95 Å². The molecular formula is C21H18N2O2S2. The Morgan fingerprint density at radius 3 is 2.74 bits per heavy atom. The zero-order chi connectivity index (χ0) is 18.8. The number of aromatic hydroxyl groups is 1. The van der Waals surface area contributed by atoms with Gasteiger partial charge in [-0.05, 0) is 48.5 Å². The molecule has 0 aliphatic carbocycles. The van der Waals surface area contributed by atoms with Crippen molar-refractivity contribution in [1.82, 2.24) is 4.57 Å². The van der Waals surface area contributed by atoms with Gasteiger partial charge in [-0.2, -0.15) is 0 Å². The van der Waals surface area contributed by atoms with Crippen LogP contribution < -0.4 is 4.74 Å². The highest BCUT2D eigenvalue weighted by Gasteiger charge is 2.15. The minimum Gasteiger partial charge on any atom is -0.497 e. The molecule has 1 aliphatic heterocycles. The molecule has 1 aliphatic rings. The molecule has 136 valence electrons. The molecular weight excluding hydrogens is 376 g/mol. The van der Waals surface area contributed by atoms with Crippen molar-refractivity contribution in [1.29, 1.82) is 0 Å². The van der Waals surface area contributed by atoms with Crippen molar-refractivity contribution in [2.75, 3.05) is 7.11 Å². The summed E-state index contributed by atoms with van der Waals surface area (Å²) >= 11 is 6.89. The van der Waals surface area contributed by atoms with Crippen molar-refractivity contribution in [3.63, 3.8) is 0 Å². The molecule has 0 amide bonds. The Hall–Kier alpha value is -2.70. The van der Waals surface area contributed by atoms with E-state index in [1.165, 1.54) is 16.9 Å². The number of fused-ring (bicyclic) bond motifs is 1. The first kappa shape index (κ1) is 17.7. The Morgan fingerprint density at radius 2 is 1.96 bits per heavy atom. The predicted octanol–water partition coefficient (Wildman–Crippen LogP) is 5.49. The van der Waals surface area contributed by atoms with Crippen LogP contribution >= 0.6 is 23.6 Å². The summed E-state index contributed by atoms with van der Waals surface area (Å²) < 4.78 is 7.63. The maximum atomic E-state index is 10.7. The first-order chi connectivity index (χ1) is 13.2. The molecule has 0 saturated carbocycles. The third-order valence-corrected chi connectivity index (χ3v) is 5.91. The highest BCUT2D eigenvalue weighted by Crippen LogP contribution is 2.35. The average molecular weight is 395 g/mol. The molecule has 3 aromatic rings. The molecule has 0 spiro atoms. The molecule has 1 N–H and O–H groups in total. The minimum atomic E-state index is 0.212. The smallest absolute Gasteiger partial charge is 0.210 e. The van der Waals surface area contributed by atoms with Gasteiger partial charge in [0.2, 0.25) is 5.88 Å². The summed E-state index contributed by atoms with van der Waals surface area (Å²) in [6.07, 6.45) is 4.56. The fraction of sp³-hybridized carbons (Fsp3) is 0.143. The minimum absolute atomic E-state index is 0.212. The monoisotopic (exact) mass is 394 g/mol. The molecule has 4 nitrogen and oxygen atoms in total. The summed E-state index contributed by atoms with van der Waals surface area (Å²) in [6.45, 7) is 0.626. The molecule has 0 bridgehead atoms. The fourth-order valence-corrected chi connectivity index (χ4v) is 4.34. The van der Waals surface area contributed by atoms with E-state index in [0.29, 0.717) is 10.5 Å². The SMILES string of the molecule is COc1ccc(CCn2c(O)c(/C=C3\C=Nc4ccccc43)sc2=S)cc1. The summed E-state index contributed by atoms with van der Waals surface area (Å²) in [5.74, 6) is 1.05. The van der Waals surface area contributed by atoms with E-state index < -0.39 is 0 Å². The van der Waals surface area contributed by atoms with Crippen molar-refractivity contribution < 1.29 is 9.84 Å². The molecule has 0 saturated heterocycles. The first-order valence-electron chi connectivity index (χ1n) is 8.56. The number of aryl methyl sites for hydroxylation is 1. The van der Waals surface area contributed by atoms with E-state index in [9.17, 15) is 5.11 Å². The summed E-state index contributed by atoms with van der Waals surface area (Å²) in [4.78, 5) is 5.17. The number of methoxy groups -OCH3 is 1. The van der Waals surface area contributed by atoms with Gasteiger partial charge in [0.05, 0.1) is 17.7 Å². The van der Waals surface area contributed by atoms with E-state index in [-0.39, 0.29) is 5.88 Å². The van der Waals surface area contributed by atoms with Crippen LogP contribution in [0.15, 0.2) is 53.5 Å². The summed E-state index contributed by atoms with van der Waals surface area (Å²) in [6, 6.07) is 15.9. The van der Waals surface area contributed by atoms with Gasteiger partial charge in [-0.1, -0.05) is 30.3 Å². The van der Waals surface area contributed by atoms with Crippen LogP contribution in [-0.2, 0) is 13.0 Å². The second-order valence-electron chi connectivity index (χ2n) is 6.18. The maximum Gasteiger partial charge on any atom is 0.210 e. The molecule has 27 heavy (non-hydrogen) atoms. The number of rotatable bonds is 5. The number of allylic oxidation sites excluding steroid dienone is 1. The van der Waals surface area contributed by atoms with Crippen LogP contribution in [-0.4, -0.2) is 23.0 Å². The predicted molar refractivity (Wildman–Crippen MR) is 114 cm³/mol. The molecule has 2 heterocycles. The summed E-state index contributed by atoms with van der Waals surface area (Å²) in [5.41, 5.74) is 4.17. The van der Waals surface area contributed by atoms with Crippen LogP contribution in [0.1, 0.15) is 16.0 Å². The van der Waals surface area contributed by atoms with Crippen LogP contribution in [0, 0.1) is 3.95 Å². The number of ether oxygens (including phenoxy) is 1. The molecule has 4 rings (SSSR count). The third kappa shape index (κ3) is 3.59. The summed E-state index contributed by atoms with van der Waals surface area (Å²) in [5, 5.41) is 10.7. The molecule has 0 fully saturated rings. The Kier molecular flexibility index (Phi) is 4.92. The van der Waals surface area contributed by atoms with E-state index in [2.05, 4.69) is 4.99 Å². The fourth-order valence-electron chi connectivity index (χ4n) is 3.03. The molecule has 6 heteroatoms. The number of benzene rings is 2. The second kappa shape index (κ2) is 7.50. The van der Waals surface area contributed by atoms with Crippen LogP contribution in [0.25, 0.3) is 11.6 Å². The molecule has 0 atom stereocenters. The Balaban J connectivity index is 1.56. The van der Waals surface area contributed by atoms with Gasteiger partial charge in [-0.15, -0.1) is 11.3 Å². The number of hydrogen-bond donors (Lipinski definition) is 1. The summed E-state index contributed by atoms with van der Waals surface area (Å²) in [7, 11) is 1.65. The van der Waals surface area contributed by atoms with Gasteiger partial charge < -0.3 is 9.84 Å². The number of nitrogens with zero attached hydrogens (tertiary/aromatic N) is 2. The van der Waals surface area contributed by atoms with E-state index in [1.807, 2.05) is 60.8 Å². The van der Waals surface area contributed by atoms with Crippen LogP contribution in [0.5, 0.6) is 11.6 Å². The molecule has 1 aromatic heterocycles. The van der Waals surface area contributed by atoms with Crippen molar-refractivity contribution in [2.45, 2.75) is 13.0 Å². The maximum absolute atomic E-state index is 10.7. The van der Waals surface area contributed by atoms with Crippen molar-refractivity contribution in [2.24, 2.45) is 4.99 Å². The normalized spacial score (nSPS) is 13.9. The van der Waals surface area contributed by atoms with Crippen LogP contribution in [0.3, 0.4) is 0 Å². The number of para-hydroxylation sites is 1. The molecule has 0 radical (unpaired) electrons. The van der Waals surface area contributed by atoms with Crippen molar-refractivity contribution >= 4 is 47.1 Å².